The van der Waals surface area contributed by atoms with E-state index in [-0.39, 0.29) is 23.8 Å². The number of imide groups is 1. The predicted octanol–water partition coefficient (Wildman–Crippen LogP) is 3.32. The fourth-order valence-electron chi connectivity index (χ4n) is 3.79. The van der Waals surface area contributed by atoms with E-state index < -0.39 is 5.25 Å². The van der Waals surface area contributed by atoms with E-state index in [1.807, 2.05) is 31.3 Å². The fraction of sp³-hybridized carbons (Fsp3) is 0.182. The lowest BCUT2D eigenvalue weighted by molar-refractivity contribution is -0.121. The molecule has 1 fully saturated rings. The van der Waals surface area contributed by atoms with Crippen molar-refractivity contribution in [2.45, 2.75) is 30.3 Å². The molecule has 1 aliphatic rings. The van der Waals surface area contributed by atoms with Gasteiger partial charge >= 0.3 is 0 Å². The van der Waals surface area contributed by atoms with Crippen LogP contribution in [0, 0.1) is 0 Å². The van der Waals surface area contributed by atoms with Crippen molar-refractivity contribution in [2.24, 2.45) is 0 Å². The Morgan fingerprint density at radius 2 is 1.97 bits per heavy atom. The second-order valence-corrected chi connectivity index (χ2v) is 8.26. The first-order chi connectivity index (χ1) is 14.6. The number of anilines is 1. The number of rotatable bonds is 4. The van der Waals surface area contributed by atoms with E-state index in [1.54, 1.807) is 34.9 Å². The molecule has 150 valence electrons. The van der Waals surface area contributed by atoms with Crippen LogP contribution in [-0.2, 0) is 16.1 Å². The average Bonchev–Trinajstić information content (AvgIpc) is 3.32. The molecule has 2 aromatic heterocycles. The molecule has 1 atom stereocenters. The number of hydrogen-bond donors (Lipinski definition) is 1. The van der Waals surface area contributed by atoms with Crippen LogP contribution in [0.15, 0.2) is 64.7 Å². The molecule has 1 N–H and O–H groups in total. The summed E-state index contributed by atoms with van der Waals surface area (Å²) in [4.78, 5) is 47.5. The Labute approximate surface area is 175 Å². The summed E-state index contributed by atoms with van der Waals surface area (Å²) < 4.78 is 1.55. The largest absolute Gasteiger partial charge is 0.361 e. The highest BCUT2D eigenvalue weighted by molar-refractivity contribution is 8.00. The molecule has 1 aliphatic heterocycles. The number of fused-ring (bicyclic) bond motifs is 2. The van der Waals surface area contributed by atoms with Gasteiger partial charge in [0.1, 0.15) is 5.25 Å². The molecule has 2 amide bonds. The molecule has 1 saturated heterocycles. The number of para-hydroxylation sites is 1. The number of H-pyrrole nitrogens is 1. The third-order valence-electron chi connectivity index (χ3n) is 5.29. The first kappa shape index (κ1) is 18.6. The van der Waals surface area contributed by atoms with Gasteiger partial charge in [-0.25, -0.2) is 9.88 Å². The Morgan fingerprint density at radius 3 is 2.80 bits per heavy atom. The molecule has 0 aliphatic carbocycles. The minimum atomic E-state index is -0.622. The van der Waals surface area contributed by atoms with Crippen molar-refractivity contribution in [2.75, 3.05) is 4.90 Å². The molecule has 1 unspecified atom stereocenters. The lowest BCUT2D eigenvalue weighted by Crippen LogP contribution is -2.31. The van der Waals surface area contributed by atoms with Crippen molar-refractivity contribution in [1.29, 1.82) is 0 Å². The van der Waals surface area contributed by atoms with E-state index in [1.165, 1.54) is 16.7 Å². The number of carbonyl (C=O) groups excluding carboxylic acids is 2. The first-order valence-electron chi connectivity index (χ1n) is 9.67. The normalized spacial score (nSPS) is 16.8. The van der Waals surface area contributed by atoms with Crippen LogP contribution in [0.5, 0.6) is 0 Å². The van der Waals surface area contributed by atoms with Gasteiger partial charge in [0.2, 0.25) is 11.8 Å². The molecule has 0 bridgehead atoms. The number of amides is 2. The summed E-state index contributed by atoms with van der Waals surface area (Å²) in [5.74, 6) is -0.546. The van der Waals surface area contributed by atoms with Crippen LogP contribution in [0.2, 0.25) is 0 Å². The standard InChI is InChI=1S/C22H18N4O3S/c1-2-25-20(28)15-5-3-4-6-16(15)24-22(25)30-18-12-19(27)26(21(18)29)14-8-7-13-9-10-23-17(13)11-14/h3-11,18,23H,2,12H2,1H3. The van der Waals surface area contributed by atoms with Crippen molar-refractivity contribution < 1.29 is 9.59 Å². The smallest absolute Gasteiger partial charge is 0.262 e. The third kappa shape index (κ3) is 2.91. The average molecular weight is 418 g/mol. The van der Waals surface area contributed by atoms with Crippen molar-refractivity contribution >= 4 is 51.1 Å². The van der Waals surface area contributed by atoms with Crippen LogP contribution in [0.3, 0.4) is 0 Å². The minimum absolute atomic E-state index is 0.0681. The van der Waals surface area contributed by atoms with E-state index in [0.717, 1.165) is 10.9 Å². The molecular weight excluding hydrogens is 400 g/mol. The Kier molecular flexibility index (Phi) is 4.43. The Balaban J connectivity index is 1.49. The predicted molar refractivity (Wildman–Crippen MR) is 117 cm³/mol. The maximum Gasteiger partial charge on any atom is 0.262 e. The van der Waals surface area contributed by atoms with Gasteiger partial charge in [-0.1, -0.05) is 30.0 Å². The van der Waals surface area contributed by atoms with E-state index in [0.29, 0.717) is 28.3 Å². The van der Waals surface area contributed by atoms with Crippen molar-refractivity contribution in [3.63, 3.8) is 0 Å². The number of aromatic amines is 1. The molecule has 8 heteroatoms. The topological polar surface area (TPSA) is 88.1 Å². The van der Waals surface area contributed by atoms with Crippen LogP contribution >= 0.6 is 11.8 Å². The lowest BCUT2D eigenvalue weighted by atomic mass is 10.2. The third-order valence-corrected chi connectivity index (χ3v) is 6.47. The summed E-state index contributed by atoms with van der Waals surface area (Å²) in [6.45, 7) is 2.29. The van der Waals surface area contributed by atoms with E-state index in [2.05, 4.69) is 9.97 Å². The minimum Gasteiger partial charge on any atom is -0.361 e. The summed E-state index contributed by atoms with van der Waals surface area (Å²) in [5, 5.41) is 1.38. The fourth-order valence-corrected chi connectivity index (χ4v) is 4.96. The number of aromatic nitrogens is 3. The summed E-state index contributed by atoms with van der Waals surface area (Å²) >= 11 is 1.18. The summed E-state index contributed by atoms with van der Waals surface area (Å²) in [7, 11) is 0. The number of benzene rings is 2. The zero-order valence-corrected chi connectivity index (χ0v) is 17.0. The van der Waals surface area contributed by atoms with Crippen molar-refractivity contribution in [1.82, 2.24) is 14.5 Å². The SMILES string of the molecule is CCn1c(SC2CC(=O)N(c3ccc4cc[nH]c4c3)C2=O)nc2ccccc2c1=O. The number of thioether (sulfide) groups is 1. The molecule has 7 nitrogen and oxygen atoms in total. The van der Waals surface area contributed by atoms with Crippen LogP contribution in [0.1, 0.15) is 13.3 Å². The van der Waals surface area contributed by atoms with Crippen LogP contribution in [0.4, 0.5) is 5.69 Å². The van der Waals surface area contributed by atoms with Crippen molar-refractivity contribution in [3.8, 4) is 0 Å². The molecule has 0 radical (unpaired) electrons. The molecule has 2 aromatic carbocycles. The van der Waals surface area contributed by atoms with Crippen LogP contribution < -0.4 is 10.5 Å². The van der Waals surface area contributed by atoms with Crippen LogP contribution in [0.25, 0.3) is 21.8 Å². The Bertz CT molecular complexity index is 1370. The molecule has 3 heterocycles. The number of carbonyl (C=O) groups is 2. The maximum absolute atomic E-state index is 13.1. The monoisotopic (exact) mass is 418 g/mol. The quantitative estimate of drug-likeness (QED) is 0.406. The second-order valence-electron chi connectivity index (χ2n) is 7.09. The Hall–Kier alpha value is -3.39. The summed E-state index contributed by atoms with van der Waals surface area (Å²) in [6.07, 6.45) is 1.88. The molecule has 0 saturated carbocycles. The van der Waals surface area contributed by atoms with Gasteiger partial charge in [-0.15, -0.1) is 0 Å². The van der Waals surface area contributed by atoms with Crippen molar-refractivity contribution in [3.05, 3.63) is 65.1 Å². The second kappa shape index (κ2) is 7.14. The highest BCUT2D eigenvalue weighted by Gasteiger charge is 2.41. The maximum atomic E-state index is 13.1. The Morgan fingerprint density at radius 1 is 1.13 bits per heavy atom. The van der Waals surface area contributed by atoms with Crippen LogP contribution in [-0.4, -0.2) is 31.6 Å². The van der Waals surface area contributed by atoms with Gasteiger partial charge in [0.25, 0.3) is 5.56 Å². The molecule has 30 heavy (non-hydrogen) atoms. The number of hydrogen-bond acceptors (Lipinski definition) is 5. The van der Waals surface area contributed by atoms with E-state index >= 15 is 0 Å². The van der Waals surface area contributed by atoms with Gasteiger partial charge < -0.3 is 4.98 Å². The van der Waals surface area contributed by atoms with Gasteiger partial charge in [0, 0.05) is 24.7 Å². The number of nitrogens with one attached hydrogen (secondary N) is 1. The summed E-state index contributed by atoms with van der Waals surface area (Å²) in [5.41, 5.74) is 1.85. The van der Waals surface area contributed by atoms with Gasteiger partial charge in [0.15, 0.2) is 5.16 Å². The van der Waals surface area contributed by atoms with E-state index in [9.17, 15) is 14.4 Å². The van der Waals surface area contributed by atoms with Gasteiger partial charge in [0.05, 0.1) is 16.6 Å². The first-order valence-corrected chi connectivity index (χ1v) is 10.5. The summed E-state index contributed by atoms with van der Waals surface area (Å²) in [6, 6.07) is 14.5. The lowest BCUT2D eigenvalue weighted by Gasteiger charge is -2.16. The zero-order chi connectivity index (χ0) is 20.8. The zero-order valence-electron chi connectivity index (χ0n) is 16.2. The van der Waals surface area contributed by atoms with Gasteiger partial charge in [-0.2, -0.15) is 0 Å². The number of nitrogens with zero attached hydrogens (tertiary/aromatic N) is 3. The highest BCUT2D eigenvalue weighted by Crippen LogP contribution is 2.34. The molecule has 5 rings (SSSR count). The molecule has 4 aromatic rings. The van der Waals surface area contributed by atoms with E-state index in [4.69, 9.17) is 0 Å². The highest BCUT2D eigenvalue weighted by atomic mass is 32.2. The molecular formula is C22H18N4O3S. The molecule has 0 spiro atoms. The van der Waals surface area contributed by atoms with Gasteiger partial charge in [-0.05, 0) is 42.6 Å². The van der Waals surface area contributed by atoms with Gasteiger partial charge in [-0.3, -0.25) is 19.0 Å².